The lowest BCUT2D eigenvalue weighted by molar-refractivity contribution is 0.259. The summed E-state index contributed by atoms with van der Waals surface area (Å²) in [5.74, 6) is 0. The summed E-state index contributed by atoms with van der Waals surface area (Å²) in [6.07, 6.45) is 0. The molecule has 0 spiro atoms. The first kappa shape index (κ1) is 12.9. The number of rotatable bonds is 3. The quantitative estimate of drug-likeness (QED) is 0.890. The number of hydrogen-bond acceptors (Lipinski definition) is 4. The van der Waals surface area contributed by atoms with Crippen molar-refractivity contribution in [2.45, 2.75) is 37.4 Å². The monoisotopic (exact) mass is 251 g/mol. The Morgan fingerprint density at radius 2 is 1.94 bits per heavy atom. The predicted molar refractivity (Wildman–Crippen MR) is 73.9 cm³/mol. The molecule has 4 heteroatoms. The summed E-state index contributed by atoms with van der Waals surface area (Å²) in [4.78, 5) is 7.06. The second-order valence-corrected chi connectivity index (χ2v) is 6.66. The molecule has 0 aromatic carbocycles. The highest BCUT2D eigenvalue weighted by Gasteiger charge is 2.22. The van der Waals surface area contributed by atoms with Gasteiger partial charge < -0.3 is 5.73 Å². The summed E-state index contributed by atoms with van der Waals surface area (Å²) in [6, 6.07) is 6.13. The van der Waals surface area contributed by atoms with E-state index in [-0.39, 0.29) is 0 Å². The van der Waals surface area contributed by atoms with Gasteiger partial charge in [-0.15, -0.1) is 0 Å². The lowest BCUT2D eigenvalue weighted by Crippen LogP contribution is -2.39. The fourth-order valence-electron chi connectivity index (χ4n) is 2.37. The van der Waals surface area contributed by atoms with Gasteiger partial charge in [0.15, 0.2) is 0 Å². The number of thioether (sulfide) groups is 1. The van der Waals surface area contributed by atoms with Crippen molar-refractivity contribution in [1.82, 2.24) is 9.88 Å². The minimum absolute atomic E-state index is 0.524. The number of pyridine rings is 1. The van der Waals surface area contributed by atoms with Crippen LogP contribution in [0.1, 0.15) is 25.2 Å². The lowest BCUT2D eigenvalue weighted by Gasteiger charge is -2.34. The van der Waals surface area contributed by atoms with E-state index in [9.17, 15) is 0 Å². The maximum Gasteiger partial charge on any atom is 0.0547 e. The van der Waals surface area contributed by atoms with Crippen molar-refractivity contribution in [3.8, 4) is 0 Å². The fraction of sp³-hybridized carbons (Fsp3) is 0.615. The molecule has 1 aromatic rings. The molecule has 0 bridgehead atoms. The van der Waals surface area contributed by atoms with Gasteiger partial charge in [-0.1, -0.05) is 19.9 Å². The topological polar surface area (TPSA) is 42.1 Å². The first-order chi connectivity index (χ1) is 8.17. The van der Waals surface area contributed by atoms with E-state index in [0.29, 0.717) is 6.54 Å². The molecule has 1 saturated heterocycles. The molecular weight excluding hydrogens is 230 g/mol. The third kappa shape index (κ3) is 3.69. The third-order valence-electron chi connectivity index (χ3n) is 2.95. The summed E-state index contributed by atoms with van der Waals surface area (Å²) in [7, 11) is 0. The normalized spacial score (nSPS) is 26.1. The van der Waals surface area contributed by atoms with Crippen molar-refractivity contribution in [1.29, 1.82) is 0 Å². The highest BCUT2D eigenvalue weighted by Crippen LogP contribution is 2.25. The summed E-state index contributed by atoms with van der Waals surface area (Å²) in [5, 5.41) is 1.44. The zero-order valence-corrected chi connectivity index (χ0v) is 11.4. The van der Waals surface area contributed by atoms with Gasteiger partial charge in [0, 0.05) is 36.7 Å². The summed E-state index contributed by atoms with van der Waals surface area (Å²) in [5.41, 5.74) is 7.74. The van der Waals surface area contributed by atoms with E-state index in [2.05, 4.69) is 47.6 Å². The number of hydrogen-bond donors (Lipinski definition) is 1. The Morgan fingerprint density at radius 1 is 1.29 bits per heavy atom. The van der Waals surface area contributed by atoms with E-state index < -0.39 is 0 Å². The molecule has 2 rings (SSSR count). The van der Waals surface area contributed by atoms with Crippen LogP contribution in [0.2, 0.25) is 0 Å². The fourth-order valence-corrected chi connectivity index (χ4v) is 3.76. The second kappa shape index (κ2) is 5.85. The van der Waals surface area contributed by atoms with Gasteiger partial charge in [-0.2, -0.15) is 11.8 Å². The van der Waals surface area contributed by atoms with Crippen LogP contribution in [-0.2, 0) is 13.1 Å². The molecule has 17 heavy (non-hydrogen) atoms. The highest BCUT2D eigenvalue weighted by molar-refractivity contribution is 8.00. The molecular formula is C13H21N3S. The minimum Gasteiger partial charge on any atom is -0.325 e. The Labute approximate surface area is 108 Å². The average Bonchev–Trinajstić information content (AvgIpc) is 2.28. The maximum atomic E-state index is 5.62. The molecule has 94 valence electrons. The minimum atomic E-state index is 0.524. The molecule has 0 aliphatic carbocycles. The van der Waals surface area contributed by atoms with Crippen LogP contribution >= 0.6 is 11.8 Å². The zero-order chi connectivity index (χ0) is 12.3. The number of nitrogens with two attached hydrogens (primary N) is 1. The van der Waals surface area contributed by atoms with Crippen LogP contribution in [0.15, 0.2) is 18.2 Å². The average molecular weight is 251 g/mol. The first-order valence-electron chi connectivity index (χ1n) is 6.20. The lowest BCUT2D eigenvalue weighted by atomic mass is 10.2. The van der Waals surface area contributed by atoms with E-state index in [1.54, 1.807) is 0 Å². The molecule has 1 aliphatic rings. The Hall–Kier alpha value is -0.580. The predicted octanol–water partition coefficient (Wildman–Crippen LogP) is 1.87. The SMILES string of the molecule is CC1CN(Cc2cccc(CN)n2)CC(C)S1. The van der Waals surface area contributed by atoms with E-state index in [0.717, 1.165) is 41.5 Å². The number of nitrogens with zero attached hydrogens (tertiary/aromatic N) is 2. The van der Waals surface area contributed by atoms with Crippen molar-refractivity contribution in [3.63, 3.8) is 0 Å². The molecule has 2 atom stereocenters. The Morgan fingerprint density at radius 3 is 2.59 bits per heavy atom. The standard InChI is InChI=1S/C13H21N3S/c1-10-7-16(8-11(2)17-10)9-13-5-3-4-12(6-14)15-13/h3-5,10-11H,6-9,14H2,1-2H3. The second-order valence-electron chi connectivity index (χ2n) is 4.78. The van der Waals surface area contributed by atoms with Gasteiger partial charge in [0.2, 0.25) is 0 Å². The van der Waals surface area contributed by atoms with Gasteiger partial charge in [-0.3, -0.25) is 9.88 Å². The molecule has 2 N–H and O–H groups in total. The van der Waals surface area contributed by atoms with Crippen molar-refractivity contribution in [2.24, 2.45) is 5.73 Å². The Kier molecular flexibility index (Phi) is 4.42. The van der Waals surface area contributed by atoms with E-state index >= 15 is 0 Å². The van der Waals surface area contributed by atoms with Crippen LogP contribution in [0.25, 0.3) is 0 Å². The summed E-state index contributed by atoms with van der Waals surface area (Å²) >= 11 is 2.08. The maximum absolute atomic E-state index is 5.62. The van der Waals surface area contributed by atoms with E-state index in [1.165, 1.54) is 0 Å². The zero-order valence-electron chi connectivity index (χ0n) is 10.6. The van der Waals surface area contributed by atoms with Crippen molar-refractivity contribution < 1.29 is 0 Å². The van der Waals surface area contributed by atoms with Crippen molar-refractivity contribution >= 4 is 11.8 Å². The van der Waals surface area contributed by atoms with Crippen LogP contribution in [0.3, 0.4) is 0 Å². The summed E-state index contributed by atoms with van der Waals surface area (Å²) < 4.78 is 0. The molecule has 1 aliphatic heterocycles. The third-order valence-corrected chi connectivity index (χ3v) is 4.18. The molecule has 0 saturated carbocycles. The van der Waals surface area contributed by atoms with Crippen LogP contribution in [0.5, 0.6) is 0 Å². The van der Waals surface area contributed by atoms with E-state index in [4.69, 9.17) is 5.73 Å². The van der Waals surface area contributed by atoms with Crippen LogP contribution in [-0.4, -0.2) is 33.5 Å². The molecule has 2 unspecified atom stereocenters. The Bertz CT molecular complexity index is 359. The van der Waals surface area contributed by atoms with Crippen molar-refractivity contribution in [3.05, 3.63) is 29.6 Å². The molecule has 0 radical (unpaired) electrons. The smallest absolute Gasteiger partial charge is 0.0547 e. The van der Waals surface area contributed by atoms with Gasteiger partial charge in [-0.25, -0.2) is 0 Å². The van der Waals surface area contributed by atoms with E-state index in [1.807, 2.05) is 6.07 Å². The van der Waals surface area contributed by atoms with Gasteiger partial charge in [0.25, 0.3) is 0 Å². The van der Waals surface area contributed by atoms with Gasteiger partial charge in [0.1, 0.15) is 0 Å². The van der Waals surface area contributed by atoms with Gasteiger partial charge in [-0.05, 0) is 12.1 Å². The molecule has 1 aromatic heterocycles. The Balaban J connectivity index is 1.99. The number of aromatic nitrogens is 1. The van der Waals surface area contributed by atoms with Gasteiger partial charge in [0.05, 0.1) is 11.4 Å². The van der Waals surface area contributed by atoms with Crippen LogP contribution in [0, 0.1) is 0 Å². The molecule has 0 amide bonds. The van der Waals surface area contributed by atoms with Crippen molar-refractivity contribution in [2.75, 3.05) is 13.1 Å². The first-order valence-corrected chi connectivity index (χ1v) is 7.14. The van der Waals surface area contributed by atoms with Crippen LogP contribution < -0.4 is 5.73 Å². The molecule has 2 heterocycles. The van der Waals surface area contributed by atoms with Crippen LogP contribution in [0.4, 0.5) is 0 Å². The molecule has 1 fully saturated rings. The molecule has 3 nitrogen and oxygen atoms in total. The van der Waals surface area contributed by atoms with Gasteiger partial charge >= 0.3 is 0 Å². The highest BCUT2D eigenvalue weighted by atomic mass is 32.2. The summed E-state index contributed by atoms with van der Waals surface area (Å²) in [6.45, 7) is 8.39. The largest absolute Gasteiger partial charge is 0.325 e.